The van der Waals surface area contributed by atoms with Crippen molar-refractivity contribution in [3.63, 3.8) is 0 Å². The molecule has 1 unspecified atom stereocenters. The molecule has 0 saturated heterocycles. The predicted octanol–water partition coefficient (Wildman–Crippen LogP) is 1.58. The minimum Gasteiger partial charge on any atom is -0.459 e. The van der Waals surface area contributed by atoms with E-state index in [0.29, 0.717) is 5.95 Å². The molecule has 0 aliphatic rings. The van der Waals surface area contributed by atoms with Gasteiger partial charge in [0.2, 0.25) is 5.95 Å². The van der Waals surface area contributed by atoms with Crippen LogP contribution in [0.3, 0.4) is 0 Å². The normalized spacial score (nSPS) is 11.9. The van der Waals surface area contributed by atoms with Crippen molar-refractivity contribution in [2.45, 2.75) is 33.7 Å². The van der Waals surface area contributed by atoms with Crippen molar-refractivity contribution in [3.05, 3.63) is 41.6 Å². The molecule has 0 fully saturated rings. The molecule has 2 heterocycles. The van der Waals surface area contributed by atoms with Gasteiger partial charge in [-0.05, 0) is 38.0 Å². The summed E-state index contributed by atoms with van der Waals surface area (Å²) in [5.74, 6) is -0.519. The summed E-state index contributed by atoms with van der Waals surface area (Å²) < 4.78 is 5.03. The summed E-state index contributed by atoms with van der Waals surface area (Å²) in [7, 11) is 0. The van der Waals surface area contributed by atoms with E-state index in [1.165, 1.54) is 12.3 Å². The number of carbonyl (C=O) groups is 2. The highest BCUT2D eigenvalue weighted by molar-refractivity contribution is 5.95. The number of nitrogens with one attached hydrogen (secondary N) is 3. The minimum absolute atomic E-state index is 0.120. The Balaban J connectivity index is 1.99. The number of amides is 2. The van der Waals surface area contributed by atoms with Crippen molar-refractivity contribution in [2.24, 2.45) is 5.92 Å². The Morgan fingerprint density at radius 1 is 1.17 bits per heavy atom. The van der Waals surface area contributed by atoms with Gasteiger partial charge in [-0.25, -0.2) is 9.97 Å². The molecular formula is C16H21N5O3. The zero-order valence-electron chi connectivity index (χ0n) is 14.1. The van der Waals surface area contributed by atoms with Crippen molar-refractivity contribution >= 4 is 17.8 Å². The standard InChI is InChI=1S/C16H21N5O3/c1-9(2)13(19-14(22)12-6-5-7-24-12)15(23)20-21-16-17-10(3)8-11(4)18-16/h5-9,13H,1-4H3,(H,19,22)(H,20,23)(H,17,18,21). The van der Waals surface area contributed by atoms with Gasteiger partial charge in [0.25, 0.3) is 11.8 Å². The maximum Gasteiger partial charge on any atom is 0.287 e. The quantitative estimate of drug-likeness (QED) is 0.694. The van der Waals surface area contributed by atoms with Crippen LogP contribution < -0.4 is 16.2 Å². The van der Waals surface area contributed by atoms with Crippen LogP contribution in [-0.4, -0.2) is 27.8 Å². The Kier molecular flexibility index (Phi) is 5.51. The number of furan rings is 1. The maximum absolute atomic E-state index is 12.4. The van der Waals surface area contributed by atoms with Crippen molar-refractivity contribution in [1.82, 2.24) is 20.7 Å². The molecule has 2 aromatic rings. The second-order valence-electron chi connectivity index (χ2n) is 5.76. The second kappa shape index (κ2) is 7.58. The first-order chi connectivity index (χ1) is 11.4. The number of rotatable bonds is 6. The average Bonchev–Trinajstić information content (AvgIpc) is 3.03. The van der Waals surface area contributed by atoms with Crippen LogP contribution >= 0.6 is 0 Å². The molecule has 128 valence electrons. The molecule has 8 nitrogen and oxygen atoms in total. The Labute approximate surface area is 140 Å². The highest BCUT2D eigenvalue weighted by Crippen LogP contribution is 2.07. The van der Waals surface area contributed by atoms with Gasteiger partial charge in [0, 0.05) is 11.4 Å². The van der Waals surface area contributed by atoms with E-state index in [-0.39, 0.29) is 11.7 Å². The zero-order valence-corrected chi connectivity index (χ0v) is 14.1. The van der Waals surface area contributed by atoms with Gasteiger partial charge >= 0.3 is 0 Å². The Morgan fingerprint density at radius 2 is 1.83 bits per heavy atom. The Hall–Kier alpha value is -2.90. The van der Waals surface area contributed by atoms with Gasteiger partial charge in [-0.15, -0.1) is 0 Å². The smallest absolute Gasteiger partial charge is 0.287 e. The number of aryl methyl sites for hydroxylation is 2. The average molecular weight is 331 g/mol. The lowest BCUT2D eigenvalue weighted by Crippen LogP contribution is -2.51. The molecule has 8 heteroatoms. The van der Waals surface area contributed by atoms with Crippen LogP contribution in [0.5, 0.6) is 0 Å². The largest absolute Gasteiger partial charge is 0.459 e. The highest BCUT2D eigenvalue weighted by Gasteiger charge is 2.25. The van der Waals surface area contributed by atoms with E-state index in [4.69, 9.17) is 4.42 Å². The van der Waals surface area contributed by atoms with E-state index < -0.39 is 17.9 Å². The summed E-state index contributed by atoms with van der Waals surface area (Å²) in [6.45, 7) is 7.34. The molecule has 0 bridgehead atoms. The molecule has 0 radical (unpaired) electrons. The number of carbonyl (C=O) groups excluding carboxylic acids is 2. The lowest BCUT2D eigenvalue weighted by molar-refractivity contribution is -0.123. The molecule has 24 heavy (non-hydrogen) atoms. The fourth-order valence-corrected chi connectivity index (χ4v) is 2.13. The van der Waals surface area contributed by atoms with Crippen LogP contribution in [0.15, 0.2) is 28.9 Å². The van der Waals surface area contributed by atoms with Gasteiger partial charge < -0.3 is 9.73 Å². The van der Waals surface area contributed by atoms with Crippen molar-refractivity contribution in [1.29, 1.82) is 0 Å². The number of hydrazine groups is 1. The molecule has 0 aliphatic heterocycles. The summed E-state index contributed by atoms with van der Waals surface area (Å²) in [6.07, 6.45) is 1.40. The first-order valence-corrected chi connectivity index (χ1v) is 7.59. The third kappa shape index (κ3) is 4.55. The minimum atomic E-state index is -0.735. The van der Waals surface area contributed by atoms with Crippen molar-refractivity contribution in [3.8, 4) is 0 Å². The first-order valence-electron chi connectivity index (χ1n) is 7.59. The fraction of sp³-hybridized carbons (Fsp3) is 0.375. The molecule has 0 aliphatic carbocycles. The summed E-state index contributed by atoms with van der Waals surface area (Å²) in [5.41, 5.74) is 6.77. The first kappa shape index (κ1) is 17.5. The number of nitrogens with zero attached hydrogens (tertiary/aromatic N) is 2. The summed E-state index contributed by atoms with van der Waals surface area (Å²) >= 11 is 0. The van der Waals surface area contributed by atoms with Gasteiger partial charge in [-0.2, -0.15) is 0 Å². The Bertz CT molecular complexity index is 692. The molecular weight excluding hydrogens is 310 g/mol. The predicted molar refractivity (Wildman–Crippen MR) is 88.1 cm³/mol. The molecule has 2 amide bonds. The molecule has 3 N–H and O–H groups in total. The van der Waals surface area contributed by atoms with E-state index in [2.05, 4.69) is 26.1 Å². The number of hydrogen-bond acceptors (Lipinski definition) is 6. The topological polar surface area (TPSA) is 109 Å². The number of anilines is 1. The maximum atomic E-state index is 12.4. The molecule has 0 spiro atoms. The summed E-state index contributed by atoms with van der Waals surface area (Å²) in [5, 5.41) is 2.65. The van der Waals surface area contributed by atoms with Crippen molar-refractivity contribution < 1.29 is 14.0 Å². The van der Waals surface area contributed by atoms with Gasteiger partial charge in [0.1, 0.15) is 6.04 Å². The molecule has 2 aromatic heterocycles. The van der Waals surface area contributed by atoms with E-state index in [1.807, 2.05) is 33.8 Å². The lowest BCUT2D eigenvalue weighted by Gasteiger charge is -2.21. The van der Waals surface area contributed by atoms with Crippen LogP contribution in [0.1, 0.15) is 35.8 Å². The Morgan fingerprint density at radius 3 is 2.38 bits per heavy atom. The fourth-order valence-electron chi connectivity index (χ4n) is 2.13. The molecule has 1 atom stereocenters. The van der Waals surface area contributed by atoms with Crippen LogP contribution in [0.4, 0.5) is 5.95 Å². The van der Waals surface area contributed by atoms with E-state index in [1.54, 1.807) is 6.07 Å². The van der Waals surface area contributed by atoms with Crippen LogP contribution in [0.2, 0.25) is 0 Å². The number of aromatic nitrogens is 2. The molecule has 0 aromatic carbocycles. The summed E-state index contributed by atoms with van der Waals surface area (Å²) in [4.78, 5) is 32.8. The number of hydrogen-bond donors (Lipinski definition) is 3. The second-order valence-corrected chi connectivity index (χ2v) is 5.76. The van der Waals surface area contributed by atoms with Gasteiger partial charge in [0.05, 0.1) is 6.26 Å². The van der Waals surface area contributed by atoms with Crippen LogP contribution in [-0.2, 0) is 4.79 Å². The molecule has 0 saturated carbocycles. The van der Waals surface area contributed by atoms with E-state index in [9.17, 15) is 9.59 Å². The van der Waals surface area contributed by atoms with Crippen LogP contribution in [0, 0.1) is 19.8 Å². The lowest BCUT2D eigenvalue weighted by atomic mass is 10.0. The van der Waals surface area contributed by atoms with Gasteiger partial charge in [-0.3, -0.25) is 20.4 Å². The van der Waals surface area contributed by atoms with Crippen LogP contribution in [0.25, 0.3) is 0 Å². The summed E-state index contributed by atoms with van der Waals surface area (Å²) in [6, 6.07) is 4.24. The monoisotopic (exact) mass is 331 g/mol. The van der Waals surface area contributed by atoms with Crippen molar-refractivity contribution in [2.75, 3.05) is 5.43 Å². The molecule has 2 rings (SSSR count). The third-order valence-electron chi connectivity index (χ3n) is 3.26. The van der Waals surface area contributed by atoms with E-state index in [0.717, 1.165) is 11.4 Å². The van der Waals surface area contributed by atoms with Gasteiger partial charge in [-0.1, -0.05) is 13.8 Å². The van der Waals surface area contributed by atoms with Gasteiger partial charge in [0.15, 0.2) is 5.76 Å². The SMILES string of the molecule is Cc1cc(C)nc(NNC(=O)C(NC(=O)c2ccco2)C(C)C)n1. The highest BCUT2D eigenvalue weighted by atomic mass is 16.3. The third-order valence-corrected chi connectivity index (χ3v) is 3.26. The van der Waals surface area contributed by atoms with E-state index >= 15 is 0 Å². The zero-order chi connectivity index (χ0) is 17.7.